The van der Waals surface area contributed by atoms with Crippen LogP contribution in [0.5, 0.6) is 0 Å². The fourth-order valence-electron chi connectivity index (χ4n) is 2.39. The van der Waals surface area contributed by atoms with Crippen LogP contribution >= 0.6 is 0 Å². The maximum absolute atomic E-state index is 4.24. The zero-order valence-corrected chi connectivity index (χ0v) is 13.9. The molecule has 0 saturated carbocycles. The van der Waals surface area contributed by atoms with E-state index in [1.807, 2.05) is 13.8 Å². The van der Waals surface area contributed by atoms with Crippen molar-refractivity contribution in [3.63, 3.8) is 0 Å². The molecule has 1 aromatic carbocycles. The lowest BCUT2D eigenvalue weighted by atomic mass is 9.89. The molecule has 1 nitrogen and oxygen atoms in total. The van der Waals surface area contributed by atoms with E-state index in [4.69, 9.17) is 0 Å². The Morgan fingerprint density at radius 2 is 1.86 bits per heavy atom. The van der Waals surface area contributed by atoms with Crippen molar-refractivity contribution in [2.75, 3.05) is 0 Å². The molecule has 0 atom stereocenters. The summed E-state index contributed by atoms with van der Waals surface area (Å²) in [4.78, 5) is 0. The fourth-order valence-corrected chi connectivity index (χ4v) is 2.39. The van der Waals surface area contributed by atoms with Crippen molar-refractivity contribution in [2.45, 2.75) is 40.5 Å². The number of hydrogen-bond acceptors (Lipinski definition) is 0. The number of quaternary nitrogens is 1. The van der Waals surface area contributed by atoms with Crippen molar-refractivity contribution in [3.8, 4) is 0 Å². The van der Waals surface area contributed by atoms with Crippen LogP contribution in [-0.2, 0) is 0 Å². The molecule has 0 amide bonds. The minimum absolute atomic E-state index is 1.02. The predicted octanol–water partition coefficient (Wildman–Crippen LogP) is 4.91. The third-order valence-electron chi connectivity index (χ3n) is 3.43. The summed E-state index contributed by atoms with van der Waals surface area (Å²) in [5, 5.41) is 0. The molecule has 0 aliphatic rings. The van der Waals surface area contributed by atoms with Gasteiger partial charge in [-0.15, -0.1) is 0 Å². The van der Waals surface area contributed by atoms with Crippen LogP contribution in [0.2, 0.25) is 0 Å². The smallest absolute Gasteiger partial charge is 0.135 e. The van der Waals surface area contributed by atoms with Crippen molar-refractivity contribution in [3.05, 3.63) is 71.5 Å². The summed E-state index contributed by atoms with van der Waals surface area (Å²) in [6, 6.07) is 6.46. The van der Waals surface area contributed by atoms with E-state index >= 15 is 0 Å². The van der Waals surface area contributed by atoms with Crippen LogP contribution in [0.25, 0.3) is 11.1 Å². The molecule has 1 rings (SSSR count). The average Bonchev–Trinajstić information content (AvgIpc) is 2.38. The number of rotatable bonds is 6. The van der Waals surface area contributed by atoms with Gasteiger partial charge in [-0.1, -0.05) is 61.9 Å². The van der Waals surface area contributed by atoms with Gasteiger partial charge in [0.1, 0.15) is 5.70 Å². The molecule has 0 radical (unpaired) electrons. The molecule has 112 valence electrons. The number of benzene rings is 1. The minimum atomic E-state index is 1.02. The number of unbranched alkanes of at least 4 members (excludes halogenated alkanes) is 1. The van der Waals surface area contributed by atoms with Gasteiger partial charge in [0.05, 0.1) is 0 Å². The van der Waals surface area contributed by atoms with E-state index in [1.165, 1.54) is 16.7 Å². The predicted molar refractivity (Wildman–Crippen MR) is 94.6 cm³/mol. The highest BCUT2D eigenvalue weighted by molar-refractivity contribution is 5.87. The Morgan fingerprint density at radius 3 is 2.38 bits per heavy atom. The zero-order valence-electron chi connectivity index (χ0n) is 13.9. The summed E-state index contributed by atoms with van der Waals surface area (Å²) in [6.07, 6.45) is 6.51. The molecule has 0 aliphatic carbocycles. The lowest BCUT2D eigenvalue weighted by Crippen LogP contribution is -2.47. The van der Waals surface area contributed by atoms with Gasteiger partial charge in [-0.2, -0.15) is 0 Å². The van der Waals surface area contributed by atoms with E-state index in [0.29, 0.717) is 0 Å². The van der Waals surface area contributed by atoms with Crippen molar-refractivity contribution < 1.29 is 5.73 Å². The van der Waals surface area contributed by atoms with Gasteiger partial charge in [-0.05, 0) is 50.0 Å². The molecule has 0 heterocycles. The quantitative estimate of drug-likeness (QED) is 0.718. The van der Waals surface area contributed by atoms with Gasteiger partial charge in [0.2, 0.25) is 0 Å². The van der Waals surface area contributed by atoms with E-state index < -0.39 is 0 Å². The Balaban J connectivity index is 3.49. The summed E-state index contributed by atoms with van der Waals surface area (Å²) in [5.41, 5.74) is 12.1. The molecule has 0 unspecified atom stereocenters. The second-order valence-electron chi connectivity index (χ2n) is 5.70. The Kier molecular flexibility index (Phi) is 6.39. The van der Waals surface area contributed by atoms with Gasteiger partial charge >= 0.3 is 0 Å². The highest BCUT2D eigenvalue weighted by atomic mass is 14.6. The van der Waals surface area contributed by atoms with Crippen LogP contribution < -0.4 is 5.73 Å². The van der Waals surface area contributed by atoms with Crippen LogP contribution in [0.3, 0.4) is 0 Å². The highest BCUT2D eigenvalue weighted by Crippen LogP contribution is 2.31. The molecular weight excluding hydrogens is 254 g/mol. The van der Waals surface area contributed by atoms with Gasteiger partial charge in [0, 0.05) is 5.57 Å². The summed E-state index contributed by atoms with van der Waals surface area (Å²) < 4.78 is 0. The van der Waals surface area contributed by atoms with E-state index in [0.717, 1.165) is 35.3 Å². The van der Waals surface area contributed by atoms with Crippen LogP contribution in [-0.4, -0.2) is 0 Å². The Bertz CT molecular complexity index is 600. The van der Waals surface area contributed by atoms with E-state index in [-0.39, 0.29) is 0 Å². The first-order valence-corrected chi connectivity index (χ1v) is 7.54. The summed E-state index contributed by atoms with van der Waals surface area (Å²) >= 11 is 0. The molecule has 1 aromatic rings. The summed E-state index contributed by atoms with van der Waals surface area (Å²) in [7, 11) is 0. The molecule has 0 aromatic heterocycles. The van der Waals surface area contributed by atoms with Crippen LogP contribution in [0.15, 0.2) is 54.8 Å². The standard InChI is InChI=1S/C20H27N/c1-7-8-9-10-19(21)20(15(4)5)18-13-16(6)11-12-17(18)14(2)3/h9-13H,2,4,7-8,21H2,1,3,5-6H3/p+1/b10-9+,20-19-. The zero-order chi connectivity index (χ0) is 16.0. The number of allylic oxidation sites excluding steroid dienone is 5. The topological polar surface area (TPSA) is 27.6 Å². The normalized spacial score (nSPS) is 12.4. The van der Waals surface area contributed by atoms with Crippen molar-refractivity contribution >= 4 is 11.1 Å². The van der Waals surface area contributed by atoms with Gasteiger partial charge in [-0.3, -0.25) is 0 Å². The molecule has 21 heavy (non-hydrogen) atoms. The monoisotopic (exact) mass is 282 g/mol. The SMILES string of the molecule is C=C(C)/C(=C([NH3+])\C=C\CCC)c1cc(C)ccc1C(=C)C. The van der Waals surface area contributed by atoms with E-state index in [2.05, 4.69) is 63.1 Å². The maximum Gasteiger partial charge on any atom is 0.135 e. The molecule has 0 bridgehead atoms. The average molecular weight is 282 g/mol. The Morgan fingerprint density at radius 1 is 1.19 bits per heavy atom. The van der Waals surface area contributed by atoms with E-state index in [9.17, 15) is 0 Å². The second-order valence-corrected chi connectivity index (χ2v) is 5.70. The Labute approximate surface area is 129 Å². The third-order valence-corrected chi connectivity index (χ3v) is 3.43. The van der Waals surface area contributed by atoms with Gasteiger partial charge in [0.15, 0.2) is 0 Å². The lowest BCUT2D eigenvalue weighted by molar-refractivity contribution is -0.293. The summed E-state index contributed by atoms with van der Waals surface area (Å²) in [5.74, 6) is 0. The molecule has 0 spiro atoms. The lowest BCUT2D eigenvalue weighted by Gasteiger charge is -2.14. The first-order chi connectivity index (χ1) is 9.88. The molecular formula is C20H28N+. The largest absolute Gasteiger partial charge is 0.325 e. The highest BCUT2D eigenvalue weighted by Gasteiger charge is 2.14. The number of aryl methyl sites for hydroxylation is 1. The molecule has 0 aliphatic heterocycles. The second kappa shape index (κ2) is 7.80. The van der Waals surface area contributed by atoms with Gasteiger partial charge in [-0.25, -0.2) is 0 Å². The van der Waals surface area contributed by atoms with Crippen LogP contribution in [0.1, 0.15) is 50.3 Å². The first kappa shape index (κ1) is 17.2. The molecule has 0 fully saturated rings. The minimum Gasteiger partial charge on any atom is -0.325 e. The van der Waals surface area contributed by atoms with Crippen LogP contribution in [0, 0.1) is 6.92 Å². The third kappa shape index (κ3) is 4.57. The van der Waals surface area contributed by atoms with Crippen LogP contribution in [0.4, 0.5) is 0 Å². The van der Waals surface area contributed by atoms with Crippen molar-refractivity contribution in [2.24, 2.45) is 0 Å². The van der Waals surface area contributed by atoms with Crippen molar-refractivity contribution in [1.29, 1.82) is 0 Å². The number of hydrogen-bond donors (Lipinski definition) is 1. The molecule has 0 saturated heterocycles. The fraction of sp³-hybridized carbons (Fsp3) is 0.300. The van der Waals surface area contributed by atoms with Crippen molar-refractivity contribution in [1.82, 2.24) is 0 Å². The Hall–Kier alpha value is -1.86. The van der Waals surface area contributed by atoms with E-state index in [1.54, 1.807) is 0 Å². The summed E-state index contributed by atoms with van der Waals surface area (Å²) in [6.45, 7) is 16.6. The maximum atomic E-state index is 4.24. The van der Waals surface area contributed by atoms with Gasteiger partial charge < -0.3 is 5.73 Å². The van der Waals surface area contributed by atoms with Gasteiger partial charge in [0.25, 0.3) is 0 Å². The first-order valence-electron chi connectivity index (χ1n) is 7.54. The molecule has 3 N–H and O–H groups in total. The molecule has 1 heteroatoms.